The highest BCUT2D eigenvalue weighted by Crippen LogP contribution is 2.04. The maximum Gasteiger partial charge on any atom is 0.307 e. The summed E-state index contributed by atoms with van der Waals surface area (Å²) in [7, 11) is 0. The van der Waals surface area contributed by atoms with Gasteiger partial charge in [-0.15, -0.1) is 0 Å². The van der Waals surface area contributed by atoms with E-state index < -0.39 is 0 Å². The van der Waals surface area contributed by atoms with Crippen LogP contribution >= 0.6 is 0 Å². The third-order valence-electron chi connectivity index (χ3n) is 2.35. The Labute approximate surface area is 104 Å². The van der Waals surface area contributed by atoms with Crippen LogP contribution in [-0.2, 0) is 9.53 Å². The minimum atomic E-state index is -0.259. The molecule has 0 saturated carbocycles. The van der Waals surface area contributed by atoms with Gasteiger partial charge in [0.15, 0.2) is 0 Å². The van der Waals surface area contributed by atoms with Crippen molar-refractivity contribution in [3.8, 4) is 0 Å². The summed E-state index contributed by atoms with van der Waals surface area (Å²) < 4.78 is 5.09. The molecule has 0 aromatic rings. The number of carbonyl (C=O) groups is 1. The van der Waals surface area contributed by atoms with Gasteiger partial charge in [0.1, 0.15) is 6.61 Å². The molecule has 0 fully saturated rings. The number of carbonyl (C=O) groups excluding carboxylic acids is 1. The highest BCUT2D eigenvalue weighted by atomic mass is 16.5. The second kappa shape index (κ2) is 9.85. The lowest BCUT2D eigenvalue weighted by Gasteiger charge is -2.10. The van der Waals surface area contributed by atoms with Crippen LogP contribution in [-0.4, -0.2) is 18.6 Å². The van der Waals surface area contributed by atoms with E-state index in [9.17, 15) is 4.79 Å². The molecule has 0 amide bonds. The molecule has 0 aromatic carbocycles. The fraction of sp³-hybridized carbons (Fsp3) is 0.500. The second-order valence-corrected chi connectivity index (χ2v) is 3.95. The molecule has 1 unspecified atom stereocenters. The molecule has 17 heavy (non-hydrogen) atoms. The summed E-state index contributed by atoms with van der Waals surface area (Å²) >= 11 is 0. The van der Waals surface area contributed by atoms with Crippen molar-refractivity contribution in [2.75, 3.05) is 6.61 Å². The fourth-order valence-corrected chi connectivity index (χ4v) is 1.33. The monoisotopic (exact) mass is 237 g/mol. The van der Waals surface area contributed by atoms with Gasteiger partial charge in [0.2, 0.25) is 0 Å². The Bertz CT molecular complexity index is 282. The molecule has 0 bridgehead atoms. The normalized spacial score (nSPS) is 12.9. The largest absolute Gasteiger partial charge is 0.461 e. The van der Waals surface area contributed by atoms with Crippen molar-refractivity contribution in [1.29, 1.82) is 0 Å². The molecular weight excluding hydrogens is 214 g/mol. The lowest BCUT2D eigenvalue weighted by Crippen LogP contribution is -2.25. The van der Waals surface area contributed by atoms with Crippen LogP contribution in [0.5, 0.6) is 0 Å². The smallest absolute Gasteiger partial charge is 0.307 e. The number of rotatable bonds is 9. The van der Waals surface area contributed by atoms with Crippen LogP contribution < -0.4 is 5.73 Å². The summed E-state index contributed by atoms with van der Waals surface area (Å²) in [5.74, 6) is -0.259. The van der Waals surface area contributed by atoms with Gasteiger partial charge in [0.05, 0.1) is 6.42 Å². The van der Waals surface area contributed by atoms with Crippen molar-refractivity contribution in [2.24, 2.45) is 5.73 Å². The molecule has 0 aliphatic heterocycles. The number of esters is 1. The quantitative estimate of drug-likeness (QED) is 0.495. The Kier molecular flexibility index (Phi) is 9.06. The van der Waals surface area contributed by atoms with Crippen molar-refractivity contribution in [3.63, 3.8) is 0 Å². The Hall–Kier alpha value is -1.35. The topological polar surface area (TPSA) is 52.3 Å². The molecule has 0 rings (SSSR count). The molecule has 0 aromatic heterocycles. The Morgan fingerprint density at radius 2 is 2.18 bits per heavy atom. The fourth-order valence-electron chi connectivity index (χ4n) is 1.33. The highest BCUT2D eigenvalue weighted by Gasteiger charge is 2.10. The number of allylic oxidation sites excluding steroid dienone is 2. The molecular formula is C14H23NO2. The van der Waals surface area contributed by atoms with Crippen LogP contribution in [0.2, 0.25) is 0 Å². The molecule has 1 atom stereocenters. The van der Waals surface area contributed by atoms with E-state index in [0.29, 0.717) is 0 Å². The van der Waals surface area contributed by atoms with Gasteiger partial charge >= 0.3 is 5.97 Å². The van der Waals surface area contributed by atoms with Gasteiger partial charge in [0.25, 0.3) is 0 Å². The molecule has 0 aliphatic carbocycles. The Morgan fingerprint density at radius 3 is 2.71 bits per heavy atom. The Morgan fingerprint density at radius 1 is 1.47 bits per heavy atom. The minimum Gasteiger partial charge on any atom is -0.461 e. The van der Waals surface area contributed by atoms with Gasteiger partial charge in [-0.25, -0.2) is 0 Å². The first-order valence-corrected chi connectivity index (χ1v) is 5.99. The lowest BCUT2D eigenvalue weighted by atomic mass is 10.1. The van der Waals surface area contributed by atoms with Gasteiger partial charge in [-0.2, -0.15) is 0 Å². The van der Waals surface area contributed by atoms with E-state index in [0.717, 1.165) is 24.8 Å². The zero-order chi connectivity index (χ0) is 13.1. The predicted molar refractivity (Wildman–Crippen MR) is 71.6 cm³/mol. The molecule has 0 saturated heterocycles. The summed E-state index contributed by atoms with van der Waals surface area (Å²) in [5, 5.41) is 0. The van der Waals surface area contributed by atoms with Gasteiger partial charge in [-0.05, 0) is 12.0 Å². The Balaban J connectivity index is 3.89. The maximum atomic E-state index is 11.5. The van der Waals surface area contributed by atoms with Gasteiger partial charge in [-0.3, -0.25) is 4.79 Å². The standard InChI is InChI=1S/C14H23NO2/c1-4-7-9-13(15)10-14(16)17-11-12(6-3)8-5-2/h5-6,8,13H,2-4,7,9-11,15H2,1H3/b12-8+. The summed E-state index contributed by atoms with van der Waals surface area (Å²) in [6, 6.07) is -0.0991. The molecule has 0 radical (unpaired) electrons. The van der Waals surface area contributed by atoms with E-state index in [-0.39, 0.29) is 25.0 Å². The van der Waals surface area contributed by atoms with Crippen LogP contribution in [0.1, 0.15) is 32.6 Å². The van der Waals surface area contributed by atoms with E-state index in [1.54, 1.807) is 18.2 Å². The molecule has 3 nitrogen and oxygen atoms in total. The molecule has 3 heteroatoms. The zero-order valence-electron chi connectivity index (χ0n) is 10.7. The first kappa shape index (κ1) is 15.7. The summed E-state index contributed by atoms with van der Waals surface area (Å²) in [4.78, 5) is 11.5. The number of nitrogens with two attached hydrogens (primary N) is 1. The number of ether oxygens (including phenoxy) is 1. The van der Waals surface area contributed by atoms with Crippen LogP contribution in [0.25, 0.3) is 0 Å². The van der Waals surface area contributed by atoms with E-state index >= 15 is 0 Å². The zero-order valence-corrected chi connectivity index (χ0v) is 10.7. The third kappa shape index (κ3) is 8.46. The highest BCUT2D eigenvalue weighted by molar-refractivity contribution is 5.70. The van der Waals surface area contributed by atoms with Crippen molar-refractivity contribution >= 4 is 5.97 Å². The maximum absolute atomic E-state index is 11.5. The van der Waals surface area contributed by atoms with Gasteiger partial charge < -0.3 is 10.5 Å². The molecule has 0 aliphatic rings. The van der Waals surface area contributed by atoms with E-state index in [4.69, 9.17) is 10.5 Å². The average molecular weight is 237 g/mol. The lowest BCUT2D eigenvalue weighted by molar-refractivity contribution is -0.143. The van der Waals surface area contributed by atoms with Crippen molar-refractivity contribution in [1.82, 2.24) is 0 Å². The van der Waals surface area contributed by atoms with E-state index in [1.165, 1.54) is 0 Å². The number of hydrogen-bond donors (Lipinski definition) is 1. The minimum absolute atomic E-state index is 0.0991. The first-order chi connectivity index (χ1) is 8.13. The van der Waals surface area contributed by atoms with Gasteiger partial charge in [0, 0.05) is 6.04 Å². The van der Waals surface area contributed by atoms with Crippen LogP contribution in [0.4, 0.5) is 0 Å². The average Bonchev–Trinajstić information content (AvgIpc) is 2.31. The predicted octanol–water partition coefficient (Wildman–Crippen LogP) is 2.74. The molecule has 0 heterocycles. The van der Waals surface area contributed by atoms with Crippen molar-refractivity contribution in [3.05, 3.63) is 37.0 Å². The van der Waals surface area contributed by atoms with Crippen LogP contribution in [0, 0.1) is 0 Å². The van der Waals surface area contributed by atoms with Crippen LogP contribution in [0.15, 0.2) is 37.0 Å². The number of unbranched alkanes of at least 4 members (excludes halogenated alkanes) is 1. The summed E-state index contributed by atoms with van der Waals surface area (Å²) in [6.07, 6.45) is 8.32. The summed E-state index contributed by atoms with van der Waals surface area (Å²) in [5.41, 5.74) is 6.64. The van der Waals surface area contributed by atoms with E-state index in [1.807, 2.05) is 0 Å². The van der Waals surface area contributed by atoms with Crippen molar-refractivity contribution < 1.29 is 9.53 Å². The van der Waals surface area contributed by atoms with Crippen LogP contribution in [0.3, 0.4) is 0 Å². The third-order valence-corrected chi connectivity index (χ3v) is 2.35. The summed E-state index contributed by atoms with van der Waals surface area (Å²) in [6.45, 7) is 9.53. The molecule has 2 N–H and O–H groups in total. The number of hydrogen-bond acceptors (Lipinski definition) is 3. The van der Waals surface area contributed by atoms with E-state index in [2.05, 4.69) is 20.1 Å². The first-order valence-electron chi connectivity index (χ1n) is 5.99. The van der Waals surface area contributed by atoms with Gasteiger partial charge in [-0.1, -0.05) is 51.2 Å². The SMILES string of the molecule is C=C/C=C(\C=C)COC(=O)CC(N)CCCC. The second-order valence-electron chi connectivity index (χ2n) is 3.95. The van der Waals surface area contributed by atoms with Crippen molar-refractivity contribution in [2.45, 2.75) is 38.6 Å². The molecule has 0 spiro atoms. The molecule has 96 valence electrons.